The van der Waals surface area contributed by atoms with Crippen LogP contribution in [0.25, 0.3) is 128 Å². The number of benzene rings is 11. The van der Waals surface area contributed by atoms with Gasteiger partial charge in [0.05, 0.1) is 22.1 Å². The molecule has 1 spiro atoms. The Morgan fingerprint density at radius 1 is 0.299 bits per heavy atom. The fourth-order valence-electron chi connectivity index (χ4n) is 14.2. The van der Waals surface area contributed by atoms with Gasteiger partial charge in [-0.1, -0.05) is 208 Å². The van der Waals surface area contributed by atoms with Gasteiger partial charge in [0.25, 0.3) is 0 Å². The van der Waals surface area contributed by atoms with Crippen molar-refractivity contribution in [2.75, 3.05) is 0 Å². The molecule has 0 saturated heterocycles. The molecule has 3 aliphatic carbocycles. The zero-order valence-electron chi connectivity index (χ0n) is 42.4. The van der Waals surface area contributed by atoms with Gasteiger partial charge in [-0.3, -0.25) is 0 Å². The van der Waals surface area contributed by atoms with Crippen molar-refractivity contribution < 1.29 is 0 Å². The van der Waals surface area contributed by atoms with E-state index in [2.05, 4.69) is 261 Å². The summed E-state index contributed by atoms with van der Waals surface area (Å²) in [4.78, 5) is 16.7. The van der Waals surface area contributed by atoms with E-state index in [1.54, 1.807) is 0 Å². The second-order valence-corrected chi connectivity index (χ2v) is 21.8. The molecule has 17 rings (SSSR count). The van der Waals surface area contributed by atoms with Gasteiger partial charge in [-0.2, -0.15) is 0 Å². The molecular formula is C73H46N4. The summed E-state index contributed by atoms with van der Waals surface area (Å²) in [5, 5.41) is 2.38. The van der Waals surface area contributed by atoms with Crippen LogP contribution >= 0.6 is 0 Å². The van der Waals surface area contributed by atoms with E-state index in [1.165, 1.54) is 94.5 Å². The number of hydrogen-bond acceptors (Lipinski definition) is 3. The summed E-state index contributed by atoms with van der Waals surface area (Å²) in [6, 6.07) is 89.3. The lowest BCUT2D eigenvalue weighted by Gasteiger charge is -2.30. The van der Waals surface area contributed by atoms with Gasteiger partial charge in [0.15, 0.2) is 17.5 Å². The summed E-state index contributed by atoms with van der Waals surface area (Å²) >= 11 is 0. The molecule has 13 aromatic rings. The number of aromatic nitrogens is 4. The van der Waals surface area contributed by atoms with Gasteiger partial charge in [-0.05, 0) is 138 Å². The number of nitrogens with zero attached hydrogens (tertiary/aromatic N) is 4. The van der Waals surface area contributed by atoms with E-state index in [1.807, 2.05) is 0 Å². The van der Waals surface area contributed by atoms with Crippen molar-refractivity contribution in [2.45, 2.75) is 24.7 Å². The van der Waals surface area contributed by atoms with E-state index in [4.69, 9.17) is 15.0 Å². The first-order chi connectivity index (χ1) is 37.9. The Morgan fingerprint density at radius 3 is 1.42 bits per heavy atom. The van der Waals surface area contributed by atoms with Gasteiger partial charge >= 0.3 is 0 Å². The van der Waals surface area contributed by atoms with E-state index in [-0.39, 0.29) is 5.41 Å². The maximum Gasteiger partial charge on any atom is 0.164 e. The smallest absolute Gasteiger partial charge is 0.164 e. The maximum atomic E-state index is 5.58. The van der Waals surface area contributed by atoms with Crippen molar-refractivity contribution in [2.24, 2.45) is 0 Å². The molecular weight excluding hydrogens is 933 g/mol. The fraction of sp³-hybridized carbons (Fsp3) is 0.0548. The molecule has 0 N–H and O–H groups in total. The van der Waals surface area contributed by atoms with Crippen LogP contribution < -0.4 is 0 Å². The van der Waals surface area contributed by atoms with Crippen molar-refractivity contribution in [1.82, 2.24) is 19.5 Å². The lowest BCUT2D eigenvalue weighted by molar-refractivity contribution is 0.661. The largest absolute Gasteiger partial charge is 0.308 e. The van der Waals surface area contributed by atoms with Crippen LogP contribution in [0.5, 0.6) is 0 Å². The van der Waals surface area contributed by atoms with E-state index in [0.29, 0.717) is 17.5 Å². The average molecular weight is 979 g/mol. The molecule has 0 amide bonds. The minimum atomic E-state index is -0.514. The summed E-state index contributed by atoms with van der Waals surface area (Å²) in [5.74, 6) is 1.86. The summed E-state index contributed by atoms with van der Waals surface area (Å²) in [6.45, 7) is 4.76. The Hall–Kier alpha value is -9.77. The van der Waals surface area contributed by atoms with Crippen LogP contribution in [0.3, 0.4) is 0 Å². The Kier molecular flexibility index (Phi) is 8.52. The van der Waals surface area contributed by atoms with Crippen molar-refractivity contribution in [3.05, 3.63) is 276 Å². The van der Waals surface area contributed by atoms with Crippen LogP contribution in [0, 0.1) is 0 Å². The Labute approximate surface area is 446 Å². The highest BCUT2D eigenvalue weighted by Crippen LogP contribution is 2.63. The van der Waals surface area contributed by atoms with Gasteiger partial charge in [0, 0.05) is 44.0 Å². The first kappa shape index (κ1) is 42.6. The summed E-state index contributed by atoms with van der Waals surface area (Å²) in [6.07, 6.45) is 0. The first-order valence-electron chi connectivity index (χ1n) is 26.8. The van der Waals surface area contributed by atoms with E-state index >= 15 is 0 Å². The number of hydrogen-bond donors (Lipinski definition) is 0. The fourth-order valence-corrected chi connectivity index (χ4v) is 14.2. The molecule has 0 saturated carbocycles. The van der Waals surface area contributed by atoms with Crippen molar-refractivity contribution in [1.29, 1.82) is 0 Å². The predicted octanol–water partition coefficient (Wildman–Crippen LogP) is 17.9. The summed E-state index contributed by atoms with van der Waals surface area (Å²) < 4.78 is 2.52. The maximum absolute atomic E-state index is 5.58. The van der Waals surface area contributed by atoms with Crippen molar-refractivity contribution in [3.8, 4) is 107 Å². The monoisotopic (exact) mass is 978 g/mol. The lowest BCUT2D eigenvalue weighted by Crippen LogP contribution is -2.25. The minimum absolute atomic E-state index is 0.145. The average Bonchev–Trinajstić information content (AvgIpc) is 3.32. The van der Waals surface area contributed by atoms with Gasteiger partial charge in [0.2, 0.25) is 0 Å². The van der Waals surface area contributed by atoms with Crippen molar-refractivity contribution in [3.63, 3.8) is 0 Å². The third-order valence-electron chi connectivity index (χ3n) is 17.6. The molecule has 358 valence electrons. The number of fused-ring (bicyclic) bond motifs is 16. The van der Waals surface area contributed by atoms with E-state index < -0.39 is 5.41 Å². The van der Waals surface area contributed by atoms with Crippen LogP contribution in [-0.2, 0) is 10.8 Å². The molecule has 11 aromatic carbocycles. The van der Waals surface area contributed by atoms with Crippen LogP contribution in [0.15, 0.2) is 243 Å². The molecule has 77 heavy (non-hydrogen) atoms. The number of rotatable bonds is 5. The summed E-state index contributed by atoms with van der Waals surface area (Å²) in [5.41, 5.74) is 28.4. The Bertz CT molecular complexity index is 4590. The highest BCUT2D eigenvalue weighted by molar-refractivity contribution is 6.19. The highest BCUT2D eigenvalue weighted by atomic mass is 15.0. The first-order valence-corrected chi connectivity index (χ1v) is 26.8. The number of para-hydroxylation sites is 1. The van der Waals surface area contributed by atoms with Crippen LogP contribution in [0.1, 0.15) is 47.2 Å². The van der Waals surface area contributed by atoms with Gasteiger partial charge < -0.3 is 4.57 Å². The molecule has 3 heterocycles. The predicted molar refractivity (Wildman–Crippen MR) is 314 cm³/mol. The third-order valence-corrected chi connectivity index (χ3v) is 17.6. The van der Waals surface area contributed by atoms with Gasteiger partial charge in [0.1, 0.15) is 0 Å². The highest BCUT2D eigenvalue weighted by Gasteiger charge is 2.51. The third kappa shape index (κ3) is 5.69. The second kappa shape index (κ2) is 15.4. The normalized spacial score (nSPS) is 14.1. The topological polar surface area (TPSA) is 43.6 Å². The van der Waals surface area contributed by atoms with Crippen LogP contribution in [-0.4, -0.2) is 19.5 Å². The minimum Gasteiger partial charge on any atom is -0.308 e. The Morgan fingerprint density at radius 2 is 0.779 bits per heavy atom. The van der Waals surface area contributed by atoms with Crippen LogP contribution in [0.2, 0.25) is 0 Å². The molecule has 1 aliphatic heterocycles. The zero-order valence-corrected chi connectivity index (χ0v) is 42.4. The zero-order chi connectivity index (χ0) is 50.7. The lowest BCUT2D eigenvalue weighted by atomic mass is 9.70. The Balaban J connectivity index is 0.924. The van der Waals surface area contributed by atoms with Gasteiger partial charge in [-0.15, -0.1) is 0 Å². The molecule has 0 unspecified atom stereocenters. The quantitative estimate of drug-likeness (QED) is 0.173. The molecule has 0 fully saturated rings. The second-order valence-electron chi connectivity index (χ2n) is 21.8. The molecule has 2 aromatic heterocycles. The summed E-state index contributed by atoms with van der Waals surface area (Å²) in [7, 11) is 0. The molecule has 0 atom stereocenters. The van der Waals surface area contributed by atoms with E-state index in [0.717, 1.165) is 49.8 Å². The van der Waals surface area contributed by atoms with Crippen molar-refractivity contribution >= 4 is 21.8 Å². The molecule has 0 bridgehead atoms. The molecule has 0 radical (unpaired) electrons. The molecule has 4 aliphatic rings. The van der Waals surface area contributed by atoms with Crippen LogP contribution in [0.4, 0.5) is 0 Å². The molecule has 4 nitrogen and oxygen atoms in total. The molecule has 4 heteroatoms. The standard InChI is InChI=1S/C73H46N4/c1-72(2)61-30-17-26-55-54-25-12-16-31-64(54)77-65-37-33-45(41-57(65)56-35-36-62(72)67(66(55)61)68(56)77)69-74-70(76-71(75-69)49-39-47(43-18-5-3-6-19-43)38-48(40-49)44-20-7-4-8-21-44)46-32-34-53-52-24-11-15-29-60(52)73(63(53)42-46)58-27-13-9-22-50(58)51-23-10-14-28-59(51)73/h3-42H,1-2H3. The van der Waals surface area contributed by atoms with Gasteiger partial charge in [-0.25, -0.2) is 15.0 Å². The van der Waals surface area contributed by atoms with E-state index in [9.17, 15) is 0 Å². The SMILES string of the molecule is CC1(C)c2cccc3c2-c2c1ccc1c4cc(-c5nc(-c6cc(-c7ccccc7)cc(-c7ccccc7)c6)nc(-c6ccc7c(c6)C6(c8ccccc8-c8ccccc86)c6ccccc6-7)n5)ccc4n(c21)-c1ccccc1-3.